The molecule has 0 fully saturated rings. The van der Waals surface area contributed by atoms with Crippen molar-refractivity contribution >= 4 is 92.3 Å². The second kappa shape index (κ2) is 17.2. The standard InChI is InChI=1S/C66H44N2S/c1-2-14-45(15-3-1)56-21-10-11-27-64(56)67-51-19-12-18-49(42-51)44-28-35-52(36-29-44)68(54-39-32-48(33-40-54)63-43-50-17-5-6-20-55(50)59-23-8-9-24-60(59)63)53-37-30-47(31-38-53)58-25-13-26-61-62-41-34-46-16-4-7-22-57(46)66(62)69-65(58)61/h1-43,67H. The lowest BCUT2D eigenvalue weighted by atomic mass is 9.93. The summed E-state index contributed by atoms with van der Waals surface area (Å²) in [6.07, 6.45) is 0. The molecule has 0 spiro atoms. The Morgan fingerprint density at radius 1 is 0.275 bits per heavy atom. The molecule has 13 rings (SSSR count). The smallest absolute Gasteiger partial charge is 0.0463 e. The van der Waals surface area contributed by atoms with E-state index in [9.17, 15) is 0 Å². The monoisotopic (exact) mass is 896 g/mol. The van der Waals surface area contributed by atoms with Crippen LogP contribution in [0.3, 0.4) is 0 Å². The highest BCUT2D eigenvalue weighted by Gasteiger charge is 2.17. The van der Waals surface area contributed by atoms with E-state index in [1.54, 1.807) is 0 Å². The number of hydrogen-bond donors (Lipinski definition) is 1. The largest absolute Gasteiger partial charge is 0.355 e. The normalized spacial score (nSPS) is 11.5. The predicted molar refractivity (Wildman–Crippen MR) is 298 cm³/mol. The van der Waals surface area contributed by atoms with E-state index >= 15 is 0 Å². The van der Waals surface area contributed by atoms with E-state index in [4.69, 9.17) is 0 Å². The lowest BCUT2D eigenvalue weighted by molar-refractivity contribution is 1.28. The van der Waals surface area contributed by atoms with E-state index < -0.39 is 0 Å². The molecule has 0 saturated carbocycles. The Kier molecular flexibility index (Phi) is 10.1. The summed E-state index contributed by atoms with van der Waals surface area (Å²) < 4.78 is 2.67. The Bertz CT molecular complexity index is 4020. The third-order valence-corrected chi connectivity index (χ3v) is 14.9. The summed E-state index contributed by atoms with van der Waals surface area (Å²) in [6.45, 7) is 0. The number of thiophene rings is 1. The Morgan fingerprint density at radius 2 is 0.797 bits per heavy atom. The molecule has 0 bridgehead atoms. The predicted octanol–water partition coefficient (Wildman–Crippen LogP) is 19.4. The number of rotatable bonds is 9. The number of benzene rings is 12. The van der Waals surface area contributed by atoms with Crippen molar-refractivity contribution in [3.63, 3.8) is 0 Å². The van der Waals surface area contributed by atoms with Crippen LogP contribution in [0.15, 0.2) is 261 Å². The van der Waals surface area contributed by atoms with Gasteiger partial charge in [-0.05, 0) is 132 Å². The molecule has 0 aliphatic carbocycles. The van der Waals surface area contributed by atoms with E-state index in [-0.39, 0.29) is 0 Å². The fourth-order valence-corrected chi connectivity index (χ4v) is 11.6. The van der Waals surface area contributed by atoms with Crippen LogP contribution in [0.1, 0.15) is 0 Å². The van der Waals surface area contributed by atoms with E-state index in [1.165, 1.54) is 85.9 Å². The zero-order valence-corrected chi connectivity index (χ0v) is 38.5. The molecule has 0 amide bonds. The molecule has 3 heteroatoms. The van der Waals surface area contributed by atoms with Crippen molar-refractivity contribution in [2.75, 3.05) is 10.2 Å². The first-order valence-electron chi connectivity index (χ1n) is 23.6. The summed E-state index contributed by atoms with van der Waals surface area (Å²) in [5.41, 5.74) is 14.9. The third-order valence-electron chi connectivity index (χ3n) is 13.6. The maximum absolute atomic E-state index is 3.72. The number of nitrogens with one attached hydrogen (secondary N) is 1. The van der Waals surface area contributed by atoms with E-state index in [2.05, 4.69) is 271 Å². The van der Waals surface area contributed by atoms with Crippen LogP contribution in [0, 0.1) is 0 Å². The molecule has 0 aliphatic rings. The van der Waals surface area contributed by atoms with Gasteiger partial charge in [-0.25, -0.2) is 0 Å². The van der Waals surface area contributed by atoms with Gasteiger partial charge in [0.25, 0.3) is 0 Å². The summed E-state index contributed by atoms with van der Waals surface area (Å²) >= 11 is 1.90. The van der Waals surface area contributed by atoms with Gasteiger partial charge < -0.3 is 10.2 Å². The van der Waals surface area contributed by atoms with Gasteiger partial charge >= 0.3 is 0 Å². The van der Waals surface area contributed by atoms with Crippen molar-refractivity contribution in [1.82, 2.24) is 0 Å². The van der Waals surface area contributed by atoms with Gasteiger partial charge in [0.1, 0.15) is 0 Å². The van der Waals surface area contributed by atoms with Gasteiger partial charge in [0.2, 0.25) is 0 Å². The van der Waals surface area contributed by atoms with Gasteiger partial charge in [-0.15, -0.1) is 11.3 Å². The van der Waals surface area contributed by atoms with E-state index in [0.29, 0.717) is 0 Å². The fourth-order valence-electron chi connectivity index (χ4n) is 10.3. The molecule has 69 heavy (non-hydrogen) atoms. The minimum atomic E-state index is 1.04. The van der Waals surface area contributed by atoms with Crippen LogP contribution in [0.4, 0.5) is 28.4 Å². The second-order valence-corrected chi connectivity index (χ2v) is 18.8. The molecule has 0 unspecified atom stereocenters. The number of nitrogens with zero attached hydrogens (tertiary/aromatic N) is 1. The van der Waals surface area contributed by atoms with Crippen molar-refractivity contribution in [2.24, 2.45) is 0 Å². The van der Waals surface area contributed by atoms with Gasteiger partial charge in [0.05, 0.1) is 0 Å². The molecule has 0 atom stereocenters. The third kappa shape index (κ3) is 7.37. The van der Waals surface area contributed by atoms with Crippen LogP contribution in [-0.2, 0) is 0 Å². The molecule has 0 radical (unpaired) electrons. The number of hydrogen-bond acceptors (Lipinski definition) is 3. The molecular formula is C66H44N2S. The van der Waals surface area contributed by atoms with E-state index in [0.717, 1.165) is 39.6 Å². The topological polar surface area (TPSA) is 15.3 Å². The van der Waals surface area contributed by atoms with Crippen molar-refractivity contribution in [2.45, 2.75) is 0 Å². The minimum Gasteiger partial charge on any atom is -0.355 e. The molecule has 2 nitrogen and oxygen atoms in total. The Balaban J connectivity index is 0.872. The number of fused-ring (bicyclic) bond motifs is 8. The molecule has 0 saturated heterocycles. The number of para-hydroxylation sites is 1. The molecule has 1 heterocycles. The summed E-state index contributed by atoms with van der Waals surface area (Å²) in [5, 5.41) is 14.0. The summed E-state index contributed by atoms with van der Waals surface area (Å²) in [4.78, 5) is 2.38. The first-order valence-corrected chi connectivity index (χ1v) is 24.4. The first kappa shape index (κ1) is 40.5. The number of anilines is 5. The highest BCUT2D eigenvalue weighted by molar-refractivity contribution is 7.27. The lowest BCUT2D eigenvalue weighted by Gasteiger charge is -2.26. The van der Waals surface area contributed by atoms with Crippen LogP contribution in [0.2, 0.25) is 0 Å². The second-order valence-electron chi connectivity index (χ2n) is 17.7. The van der Waals surface area contributed by atoms with Gasteiger partial charge in [-0.2, -0.15) is 0 Å². The molecule has 1 N–H and O–H groups in total. The fraction of sp³-hybridized carbons (Fsp3) is 0. The summed E-state index contributed by atoms with van der Waals surface area (Å²) in [6, 6.07) is 94.8. The van der Waals surface area contributed by atoms with Gasteiger partial charge in [0.15, 0.2) is 0 Å². The Hall–Kier alpha value is -8.76. The van der Waals surface area contributed by atoms with Crippen LogP contribution >= 0.6 is 11.3 Å². The molecule has 324 valence electrons. The molecule has 12 aromatic carbocycles. The maximum Gasteiger partial charge on any atom is 0.0463 e. The van der Waals surface area contributed by atoms with E-state index in [1.807, 2.05) is 11.3 Å². The van der Waals surface area contributed by atoms with Crippen LogP contribution in [-0.4, -0.2) is 0 Å². The highest BCUT2D eigenvalue weighted by Crippen LogP contribution is 2.45. The Labute approximate surface area is 405 Å². The minimum absolute atomic E-state index is 1.04. The molecule has 13 aromatic rings. The Morgan fingerprint density at radius 3 is 1.55 bits per heavy atom. The summed E-state index contributed by atoms with van der Waals surface area (Å²) in [7, 11) is 0. The van der Waals surface area contributed by atoms with Gasteiger partial charge in [0, 0.05) is 54.2 Å². The average Bonchev–Trinajstić information content (AvgIpc) is 3.82. The quantitative estimate of drug-likeness (QED) is 0.145. The summed E-state index contributed by atoms with van der Waals surface area (Å²) in [5.74, 6) is 0. The molecule has 1 aromatic heterocycles. The zero-order chi connectivity index (χ0) is 45.7. The van der Waals surface area contributed by atoms with Crippen molar-refractivity contribution in [3.8, 4) is 44.5 Å². The first-order chi connectivity index (χ1) is 34.2. The van der Waals surface area contributed by atoms with Crippen molar-refractivity contribution in [3.05, 3.63) is 261 Å². The maximum atomic E-state index is 3.72. The SMILES string of the molecule is c1ccc(-c2ccccc2Nc2cccc(-c3ccc(N(c4ccc(-c5cc6ccccc6c6ccccc56)cc4)c4ccc(-c5cccc6c5sc5c7ccccc7ccc65)cc4)cc3)c2)cc1. The highest BCUT2D eigenvalue weighted by atomic mass is 32.1. The van der Waals surface area contributed by atoms with Gasteiger partial charge in [-0.3, -0.25) is 0 Å². The lowest BCUT2D eigenvalue weighted by Crippen LogP contribution is -2.09. The van der Waals surface area contributed by atoms with Crippen molar-refractivity contribution in [1.29, 1.82) is 0 Å². The van der Waals surface area contributed by atoms with Gasteiger partial charge in [-0.1, -0.05) is 200 Å². The average molecular weight is 897 g/mol. The van der Waals surface area contributed by atoms with Crippen LogP contribution in [0.5, 0.6) is 0 Å². The van der Waals surface area contributed by atoms with Crippen LogP contribution in [0.25, 0.3) is 97.0 Å². The van der Waals surface area contributed by atoms with Crippen LogP contribution < -0.4 is 10.2 Å². The molecule has 0 aliphatic heterocycles. The molecular weight excluding hydrogens is 853 g/mol. The van der Waals surface area contributed by atoms with Crippen molar-refractivity contribution < 1.29 is 0 Å². The zero-order valence-electron chi connectivity index (χ0n) is 37.7.